The highest BCUT2D eigenvalue weighted by molar-refractivity contribution is 7.17. The summed E-state index contributed by atoms with van der Waals surface area (Å²) in [6.45, 7) is 2.57. The molecule has 2 aromatic rings. The van der Waals surface area contributed by atoms with Crippen molar-refractivity contribution in [3.63, 3.8) is 0 Å². The molecule has 0 unspecified atom stereocenters. The largest absolute Gasteiger partial charge is 0.335 e. The fourth-order valence-corrected chi connectivity index (χ4v) is 2.39. The van der Waals surface area contributed by atoms with Crippen LogP contribution in [0.2, 0.25) is 4.47 Å². The predicted octanol–water partition coefficient (Wildman–Crippen LogP) is 2.77. The summed E-state index contributed by atoms with van der Waals surface area (Å²) in [6, 6.07) is 7.97. The van der Waals surface area contributed by atoms with Gasteiger partial charge in [-0.3, -0.25) is 4.79 Å². The van der Waals surface area contributed by atoms with E-state index in [-0.39, 0.29) is 10.4 Å². The number of amides is 1. The van der Waals surface area contributed by atoms with E-state index in [4.69, 9.17) is 11.6 Å². The molecule has 1 aromatic carbocycles. The van der Waals surface area contributed by atoms with Gasteiger partial charge in [-0.05, 0) is 29.7 Å². The van der Waals surface area contributed by atoms with Crippen molar-refractivity contribution in [2.75, 3.05) is 7.05 Å². The van der Waals surface area contributed by atoms with Crippen LogP contribution in [0.25, 0.3) is 0 Å². The third kappa shape index (κ3) is 2.86. The smallest absolute Gasteiger partial charge is 0.284 e. The van der Waals surface area contributed by atoms with Crippen molar-refractivity contribution in [1.82, 2.24) is 15.1 Å². The standard InChI is InChI=1S/C12H12ClN3OS/c1-8-5-3-4-6-9(8)7-16(2)11(17)10-14-15-12(13)18-10/h3-6H,7H2,1-2H3. The van der Waals surface area contributed by atoms with Gasteiger partial charge in [0.25, 0.3) is 5.91 Å². The van der Waals surface area contributed by atoms with Crippen LogP contribution in [0.3, 0.4) is 0 Å². The van der Waals surface area contributed by atoms with Crippen molar-refractivity contribution < 1.29 is 4.79 Å². The maximum Gasteiger partial charge on any atom is 0.284 e. The maximum atomic E-state index is 12.0. The number of nitrogens with zero attached hydrogens (tertiary/aromatic N) is 3. The minimum Gasteiger partial charge on any atom is -0.335 e. The van der Waals surface area contributed by atoms with Crippen molar-refractivity contribution >= 4 is 28.8 Å². The Kier molecular flexibility index (Phi) is 3.93. The SMILES string of the molecule is Cc1ccccc1CN(C)C(=O)c1nnc(Cl)s1. The maximum absolute atomic E-state index is 12.0. The lowest BCUT2D eigenvalue weighted by molar-refractivity contribution is 0.0783. The molecule has 0 aliphatic carbocycles. The minimum atomic E-state index is -0.164. The summed E-state index contributed by atoms with van der Waals surface area (Å²) in [5, 5.41) is 7.69. The number of hydrogen-bond donors (Lipinski definition) is 0. The number of hydrogen-bond acceptors (Lipinski definition) is 4. The van der Waals surface area contributed by atoms with E-state index in [1.165, 1.54) is 0 Å². The van der Waals surface area contributed by atoms with E-state index in [0.717, 1.165) is 22.5 Å². The number of rotatable bonds is 3. The summed E-state index contributed by atoms with van der Waals surface area (Å²) in [5.41, 5.74) is 2.27. The molecule has 94 valence electrons. The molecule has 1 aromatic heterocycles. The Labute approximate surface area is 114 Å². The molecule has 0 radical (unpaired) electrons. The van der Waals surface area contributed by atoms with Crippen molar-refractivity contribution in [3.05, 3.63) is 44.9 Å². The first-order chi connectivity index (χ1) is 8.58. The van der Waals surface area contributed by atoms with Crippen LogP contribution in [0.4, 0.5) is 0 Å². The van der Waals surface area contributed by atoms with E-state index < -0.39 is 0 Å². The molecule has 4 nitrogen and oxygen atoms in total. The first-order valence-electron chi connectivity index (χ1n) is 5.37. The predicted molar refractivity (Wildman–Crippen MR) is 71.9 cm³/mol. The lowest BCUT2D eigenvalue weighted by Crippen LogP contribution is -2.26. The van der Waals surface area contributed by atoms with Crippen LogP contribution >= 0.6 is 22.9 Å². The molecule has 0 saturated carbocycles. The Morgan fingerprint density at radius 3 is 2.72 bits per heavy atom. The summed E-state index contributed by atoms with van der Waals surface area (Å²) in [5.74, 6) is -0.164. The quantitative estimate of drug-likeness (QED) is 0.869. The van der Waals surface area contributed by atoms with Gasteiger partial charge in [-0.1, -0.05) is 35.6 Å². The van der Waals surface area contributed by atoms with E-state index in [1.807, 2.05) is 31.2 Å². The van der Waals surface area contributed by atoms with Crippen LogP contribution in [0.5, 0.6) is 0 Å². The third-order valence-electron chi connectivity index (χ3n) is 2.60. The Bertz CT molecular complexity index is 570. The third-order valence-corrected chi connectivity index (χ3v) is 3.61. The average Bonchev–Trinajstić information content (AvgIpc) is 2.78. The molecule has 18 heavy (non-hydrogen) atoms. The van der Waals surface area contributed by atoms with E-state index in [0.29, 0.717) is 11.6 Å². The van der Waals surface area contributed by atoms with Gasteiger partial charge >= 0.3 is 0 Å². The molecular weight excluding hydrogens is 270 g/mol. The van der Waals surface area contributed by atoms with Crippen molar-refractivity contribution in [3.8, 4) is 0 Å². The summed E-state index contributed by atoms with van der Waals surface area (Å²) < 4.78 is 0.280. The number of halogens is 1. The molecule has 2 rings (SSSR count). The van der Waals surface area contributed by atoms with Crippen molar-refractivity contribution in [1.29, 1.82) is 0 Å². The number of benzene rings is 1. The van der Waals surface area contributed by atoms with E-state index in [2.05, 4.69) is 10.2 Å². The topological polar surface area (TPSA) is 46.1 Å². The van der Waals surface area contributed by atoms with Gasteiger partial charge in [0.15, 0.2) is 0 Å². The Morgan fingerprint density at radius 2 is 2.11 bits per heavy atom. The normalized spacial score (nSPS) is 10.4. The van der Waals surface area contributed by atoms with Crippen LogP contribution in [-0.4, -0.2) is 28.1 Å². The van der Waals surface area contributed by atoms with Gasteiger partial charge in [0, 0.05) is 13.6 Å². The molecule has 0 bridgehead atoms. The van der Waals surface area contributed by atoms with Gasteiger partial charge in [0.2, 0.25) is 9.47 Å². The van der Waals surface area contributed by atoms with Crippen LogP contribution in [0.1, 0.15) is 20.9 Å². The second-order valence-corrected chi connectivity index (χ2v) is 5.51. The van der Waals surface area contributed by atoms with Crippen LogP contribution < -0.4 is 0 Å². The molecular formula is C12H12ClN3OS. The molecule has 0 aliphatic heterocycles. The highest BCUT2D eigenvalue weighted by Gasteiger charge is 2.17. The summed E-state index contributed by atoms with van der Waals surface area (Å²) in [6.07, 6.45) is 0. The first-order valence-corrected chi connectivity index (χ1v) is 6.56. The fourth-order valence-electron chi connectivity index (χ4n) is 1.57. The second-order valence-electron chi connectivity index (χ2n) is 3.95. The molecule has 0 N–H and O–H groups in total. The first kappa shape index (κ1) is 13.0. The average molecular weight is 282 g/mol. The lowest BCUT2D eigenvalue weighted by Gasteiger charge is -2.16. The summed E-state index contributed by atoms with van der Waals surface area (Å²) >= 11 is 6.76. The van der Waals surface area contributed by atoms with Gasteiger partial charge in [0.1, 0.15) is 0 Å². The van der Waals surface area contributed by atoms with Crippen LogP contribution in [0, 0.1) is 6.92 Å². The number of aryl methyl sites for hydroxylation is 1. The molecule has 1 amide bonds. The minimum absolute atomic E-state index is 0.164. The Hall–Kier alpha value is -1.46. The molecule has 0 fully saturated rings. The highest BCUT2D eigenvalue weighted by atomic mass is 35.5. The van der Waals surface area contributed by atoms with Gasteiger partial charge in [-0.25, -0.2) is 0 Å². The van der Waals surface area contributed by atoms with Crippen LogP contribution in [-0.2, 0) is 6.54 Å². The van der Waals surface area contributed by atoms with Gasteiger partial charge in [-0.2, -0.15) is 0 Å². The summed E-state index contributed by atoms with van der Waals surface area (Å²) in [7, 11) is 1.74. The lowest BCUT2D eigenvalue weighted by atomic mass is 10.1. The molecule has 0 spiro atoms. The van der Waals surface area contributed by atoms with Gasteiger partial charge < -0.3 is 4.90 Å². The Balaban J connectivity index is 2.11. The monoisotopic (exact) mass is 281 g/mol. The molecule has 0 saturated heterocycles. The molecule has 1 heterocycles. The van der Waals surface area contributed by atoms with E-state index in [1.54, 1.807) is 11.9 Å². The fraction of sp³-hybridized carbons (Fsp3) is 0.250. The molecule has 6 heteroatoms. The zero-order valence-electron chi connectivity index (χ0n) is 10.1. The highest BCUT2D eigenvalue weighted by Crippen LogP contribution is 2.17. The number of aromatic nitrogens is 2. The summed E-state index contributed by atoms with van der Waals surface area (Å²) in [4.78, 5) is 13.7. The molecule has 0 aliphatic rings. The second kappa shape index (κ2) is 5.46. The van der Waals surface area contributed by atoms with E-state index in [9.17, 15) is 4.79 Å². The van der Waals surface area contributed by atoms with Gasteiger partial charge in [0.05, 0.1) is 0 Å². The van der Waals surface area contributed by atoms with Gasteiger partial charge in [-0.15, -0.1) is 10.2 Å². The van der Waals surface area contributed by atoms with Crippen LogP contribution in [0.15, 0.2) is 24.3 Å². The number of carbonyl (C=O) groups excluding carboxylic acids is 1. The zero-order chi connectivity index (χ0) is 13.1. The zero-order valence-corrected chi connectivity index (χ0v) is 11.6. The Morgan fingerprint density at radius 1 is 1.39 bits per heavy atom. The number of carbonyl (C=O) groups is 1. The molecule has 0 atom stereocenters. The van der Waals surface area contributed by atoms with Crippen molar-refractivity contribution in [2.45, 2.75) is 13.5 Å². The van der Waals surface area contributed by atoms with Crippen molar-refractivity contribution in [2.24, 2.45) is 0 Å². The van der Waals surface area contributed by atoms with E-state index >= 15 is 0 Å².